The summed E-state index contributed by atoms with van der Waals surface area (Å²) in [4.78, 5) is 75.2. The van der Waals surface area contributed by atoms with Crippen LogP contribution in [0.25, 0.3) is 5.65 Å². The van der Waals surface area contributed by atoms with Crippen LogP contribution < -0.4 is 25.4 Å². The van der Waals surface area contributed by atoms with Crippen molar-refractivity contribution in [2.45, 2.75) is 64.1 Å². The van der Waals surface area contributed by atoms with Crippen LogP contribution >= 0.6 is 0 Å². The van der Waals surface area contributed by atoms with Gasteiger partial charge in [-0.05, 0) is 62.1 Å². The van der Waals surface area contributed by atoms with E-state index in [2.05, 4.69) is 51.8 Å². The Bertz CT molecular complexity index is 2170. The Hall–Kier alpha value is -5.98. The standard InChI is InChI=1S/C40H47N9O9/c1-24(2)29-22-42-49-35(29)45-40(58-27-13-15-47(3)16-14-27)46-39(49)41-21-25-7-9-26(10-8-25)43-33(51)23-56-18-17-55-19-20-57-31-6-4-5-28-34(31)38(54)48(37(28)53)30-11-12-32(50)44-36(30)52/h4-10,22,24,27,30H,11-21,23H2,1-3H3,(H,43,51)(H,41,45,46)(H,44,50,52). The third-order valence-corrected chi connectivity index (χ3v) is 10.1. The van der Waals surface area contributed by atoms with E-state index in [4.69, 9.17) is 23.9 Å². The minimum absolute atomic E-state index is 0.0327. The van der Waals surface area contributed by atoms with E-state index >= 15 is 0 Å². The molecule has 2 saturated heterocycles. The first-order valence-corrected chi connectivity index (χ1v) is 19.4. The van der Waals surface area contributed by atoms with E-state index in [1.807, 2.05) is 30.5 Å². The summed E-state index contributed by atoms with van der Waals surface area (Å²) < 4.78 is 24.7. The van der Waals surface area contributed by atoms with Gasteiger partial charge in [-0.15, -0.1) is 0 Å². The molecule has 0 aliphatic carbocycles. The number of hydrogen-bond acceptors (Lipinski definition) is 14. The number of carbonyl (C=O) groups is 5. The highest BCUT2D eigenvalue weighted by Crippen LogP contribution is 2.33. The predicted octanol–water partition coefficient (Wildman–Crippen LogP) is 2.78. The minimum Gasteiger partial charge on any atom is -0.490 e. The first-order chi connectivity index (χ1) is 28.0. The number of carbonyl (C=O) groups excluding carboxylic acids is 5. The molecule has 58 heavy (non-hydrogen) atoms. The van der Waals surface area contributed by atoms with Crippen LogP contribution in [0.3, 0.4) is 0 Å². The van der Waals surface area contributed by atoms with Crippen molar-refractivity contribution in [2.24, 2.45) is 0 Å². The van der Waals surface area contributed by atoms with Gasteiger partial charge in [-0.1, -0.05) is 32.0 Å². The van der Waals surface area contributed by atoms with Gasteiger partial charge in [-0.3, -0.25) is 34.2 Å². The third kappa shape index (κ3) is 9.25. The molecule has 3 N–H and O–H groups in total. The number of aromatic nitrogens is 4. The van der Waals surface area contributed by atoms with Gasteiger partial charge < -0.3 is 34.5 Å². The molecule has 0 spiro atoms. The van der Waals surface area contributed by atoms with E-state index in [-0.39, 0.29) is 80.7 Å². The zero-order valence-electron chi connectivity index (χ0n) is 32.7. The first-order valence-electron chi connectivity index (χ1n) is 19.4. The largest absolute Gasteiger partial charge is 0.490 e. The average molecular weight is 798 g/mol. The maximum Gasteiger partial charge on any atom is 0.322 e. The Kier molecular flexibility index (Phi) is 12.5. The Morgan fingerprint density at radius 1 is 0.931 bits per heavy atom. The van der Waals surface area contributed by atoms with Gasteiger partial charge in [0.1, 0.15) is 31.1 Å². The molecule has 0 saturated carbocycles. The van der Waals surface area contributed by atoms with Crippen LogP contribution in [0, 0.1) is 0 Å². The van der Waals surface area contributed by atoms with Gasteiger partial charge in [-0.25, -0.2) is 0 Å². The van der Waals surface area contributed by atoms with Gasteiger partial charge in [0.2, 0.25) is 23.7 Å². The van der Waals surface area contributed by atoms with E-state index < -0.39 is 29.7 Å². The smallest absolute Gasteiger partial charge is 0.322 e. The Labute approximate surface area is 334 Å². The first kappa shape index (κ1) is 40.2. The summed E-state index contributed by atoms with van der Waals surface area (Å²) in [6, 6.07) is 11.3. The average Bonchev–Trinajstić information content (AvgIpc) is 3.75. The quantitative estimate of drug-likeness (QED) is 0.104. The molecule has 0 radical (unpaired) electrons. The van der Waals surface area contributed by atoms with E-state index in [9.17, 15) is 24.0 Å². The molecule has 1 atom stereocenters. The van der Waals surface area contributed by atoms with Crippen LogP contribution in [-0.2, 0) is 30.4 Å². The summed E-state index contributed by atoms with van der Waals surface area (Å²) in [6.45, 7) is 6.97. The molecule has 2 aromatic heterocycles. The fourth-order valence-electron chi connectivity index (χ4n) is 6.98. The lowest BCUT2D eigenvalue weighted by Gasteiger charge is -2.28. The van der Waals surface area contributed by atoms with E-state index in [1.54, 1.807) is 16.6 Å². The fourth-order valence-corrected chi connectivity index (χ4v) is 6.98. The van der Waals surface area contributed by atoms with Crippen molar-refractivity contribution in [3.8, 4) is 11.8 Å². The number of fused-ring (bicyclic) bond motifs is 2. The molecule has 3 aliphatic heterocycles. The maximum atomic E-state index is 13.2. The number of piperidine rings is 2. The third-order valence-electron chi connectivity index (χ3n) is 10.1. The highest BCUT2D eigenvalue weighted by Gasteiger charge is 2.46. The SMILES string of the molecule is CC(C)c1cnn2c(NCc3ccc(NC(=O)COCCOCCOc4cccc5c4C(=O)N(C4CCC(=O)NC4=O)C5=O)cc3)nc(OC3CCN(C)CC3)nc12. The lowest BCUT2D eigenvalue weighted by atomic mass is 10.0. The number of nitrogens with zero attached hydrogens (tertiary/aromatic N) is 6. The Balaban J connectivity index is 0.817. The van der Waals surface area contributed by atoms with Crippen molar-refractivity contribution in [1.82, 2.24) is 34.7 Å². The summed E-state index contributed by atoms with van der Waals surface area (Å²) in [5, 5.41) is 12.9. The molecule has 5 heterocycles. The molecule has 5 amide bonds. The number of hydrogen-bond donors (Lipinski definition) is 3. The van der Waals surface area contributed by atoms with Crippen molar-refractivity contribution in [1.29, 1.82) is 0 Å². The summed E-state index contributed by atoms with van der Waals surface area (Å²) in [6.07, 6.45) is 3.80. The van der Waals surface area contributed by atoms with Gasteiger partial charge in [0.05, 0.1) is 37.1 Å². The Morgan fingerprint density at radius 2 is 1.69 bits per heavy atom. The lowest BCUT2D eigenvalue weighted by molar-refractivity contribution is -0.136. The van der Waals surface area contributed by atoms with Crippen LogP contribution in [0.15, 0.2) is 48.7 Å². The second-order valence-corrected chi connectivity index (χ2v) is 14.7. The summed E-state index contributed by atoms with van der Waals surface area (Å²) in [5.41, 5.74) is 3.50. The molecule has 4 aromatic rings. The van der Waals surface area contributed by atoms with E-state index in [0.717, 1.165) is 42.0 Å². The number of ether oxygens (including phenoxy) is 4. The minimum atomic E-state index is -1.06. The number of benzene rings is 2. The zero-order valence-corrected chi connectivity index (χ0v) is 32.7. The molecule has 0 bridgehead atoms. The van der Waals surface area contributed by atoms with Crippen molar-refractivity contribution < 1.29 is 42.9 Å². The molecule has 18 heteroatoms. The van der Waals surface area contributed by atoms with Crippen LogP contribution in [0.2, 0.25) is 0 Å². The van der Waals surface area contributed by atoms with Gasteiger partial charge in [0.25, 0.3) is 11.8 Å². The molecule has 1 unspecified atom stereocenters. The number of nitrogens with one attached hydrogen (secondary N) is 3. The highest BCUT2D eigenvalue weighted by atomic mass is 16.5. The van der Waals surface area contributed by atoms with Gasteiger partial charge >= 0.3 is 6.01 Å². The van der Waals surface area contributed by atoms with E-state index in [1.165, 1.54) is 6.07 Å². The molecular formula is C40H47N9O9. The normalized spacial score (nSPS) is 17.5. The summed E-state index contributed by atoms with van der Waals surface area (Å²) >= 11 is 0. The molecular weight excluding hydrogens is 750 g/mol. The van der Waals surface area contributed by atoms with Gasteiger partial charge in [0, 0.05) is 37.3 Å². The number of imide groups is 2. The lowest BCUT2D eigenvalue weighted by Crippen LogP contribution is -2.54. The molecule has 7 rings (SSSR count). The Morgan fingerprint density at radius 3 is 2.45 bits per heavy atom. The van der Waals surface area contributed by atoms with Crippen molar-refractivity contribution in [3.05, 3.63) is 70.9 Å². The molecule has 2 aromatic carbocycles. The molecule has 3 aliphatic rings. The van der Waals surface area contributed by atoms with Crippen molar-refractivity contribution >= 4 is 46.8 Å². The topological polar surface area (TPSA) is 208 Å². The molecule has 306 valence electrons. The molecule has 18 nitrogen and oxygen atoms in total. The second kappa shape index (κ2) is 18.1. The highest BCUT2D eigenvalue weighted by molar-refractivity contribution is 6.24. The summed E-state index contributed by atoms with van der Waals surface area (Å²) in [7, 11) is 2.11. The van der Waals surface area contributed by atoms with Crippen LogP contribution in [-0.4, -0.2) is 124 Å². The number of anilines is 2. The van der Waals surface area contributed by atoms with Gasteiger partial charge in [0.15, 0.2) is 5.65 Å². The number of rotatable bonds is 17. The second-order valence-electron chi connectivity index (χ2n) is 14.7. The predicted molar refractivity (Wildman–Crippen MR) is 209 cm³/mol. The maximum absolute atomic E-state index is 13.2. The van der Waals surface area contributed by atoms with Crippen molar-refractivity contribution in [2.75, 3.05) is 63.8 Å². The van der Waals surface area contributed by atoms with Crippen molar-refractivity contribution in [3.63, 3.8) is 0 Å². The van der Waals surface area contributed by atoms with Gasteiger partial charge in [-0.2, -0.15) is 19.6 Å². The van der Waals surface area contributed by atoms with Crippen LogP contribution in [0.1, 0.15) is 77.3 Å². The van der Waals surface area contributed by atoms with Crippen LogP contribution in [0.4, 0.5) is 11.6 Å². The fraction of sp³-hybridized carbons (Fsp3) is 0.450. The van der Waals surface area contributed by atoms with Crippen LogP contribution in [0.5, 0.6) is 11.8 Å². The van der Waals surface area contributed by atoms with E-state index in [0.29, 0.717) is 29.8 Å². The molecule has 2 fully saturated rings. The number of amides is 5. The number of likely N-dealkylation sites (tertiary alicyclic amines) is 1. The summed E-state index contributed by atoms with van der Waals surface area (Å²) in [5.74, 6) is -1.76. The monoisotopic (exact) mass is 797 g/mol. The zero-order chi connectivity index (χ0) is 40.8.